The lowest BCUT2D eigenvalue weighted by Gasteiger charge is -2.35. The molecule has 0 N–H and O–H groups in total. The van der Waals surface area contributed by atoms with E-state index in [4.69, 9.17) is 4.98 Å². The first-order valence-corrected chi connectivity index (χ1v) is 9.59. The minimum atomic E-state index is -0.742. The van der Waals surface area contributed by atoms with Gasteiger partial charge in [0.25, 0.3) is 0 Å². The molecular weight excluding hydrogens is 306 g/mol. The minimum absolute atomic E-state index is 0.0721. The number of amides is 1. The van der Waals surface area contributed by atoms with Crippen molar-refractivity contribution in [3.63, 3.8) is 0 Å². The summed E-state index contributed by atoms with van der Waals surface area (Å²) in [5.74, 6) is 0.854. The van der Waals surface area contributed by atoms with Gasteiger partial charge in [0.2, 0.25) is 5.91 Å². The molecule has 5 heteroatoms. The van der Waals surface area contributed by atoms with Crippen LogP contribution in [0.25, 0.3) is 0 Å². The summed E-state index contributed by atoms with van der Waals surface area (Å²) in [5, 5.41) is 12.9. The number of hydrogen-bond acceptors (Lipinski definition) is 4. The van der Waals surface area contributed by atoms with Gasteiger partial charge in [0.1, 0.15) is 5.41 Å². The molecule has 1 aliphatic carbocycles. The third-order valence-corrected chi connectivity index (χ3v) is 6.30. The van der Waals surface area contributed by atoms with Crippen molar-refractivity contribution in [3.05, 3.63) is 16.1 Å². The molecule has 1 atom stereocenters. The Morgan fingerprint density at radius 1 is 1.43 bits per heavy atom. The Labute approximate surface area is 142 Å². The molecule has 0 aromatic carbocycles. The molecule has 0 unspecified atom stereocenters. The molecule has 1 aromatic rings. The topological polar surface area (TPSA) is 57.0 Å². The Kier molecular flexibility index (Phi) is 4.72. The number of aromatic nitrogens is 1. The van der Waals surface area contributed by atoms with Crippen LogP contribution < -0.4 is 0 Å². The fourth-order valence-electron chi connectivity index (χ4n) is 3.77. The van der Waals surface area contributed by atoms with Gasteiger partial charge in [-0.25, -0.2) is 4.98 Å². The second kappa shape index (κ2) is 6.60. The van der Waals surface area contributed by atoms with Gasteiger partial charge < -0.3 is 4.90 Å². The van der Waals surface area contributed by atoms with E-state index in [2.05, 4.69) is 25.3 Å². The molecule has 1 aromatic heterocycles. The molecule has 23 heavy (non-hydrogen) atoms. The van der Waals surface area contributed by atoms with Crippen LogP contribution in [0.1, 0.15) is 74.9 Å². The Morgan fingerprint density at radius 3 is 2.78 bits per heavy atom. The number of carbonyl (C=O) groups excluding carboxylic acids is 1. The summed E-state index contributed by atoms with van der Waals surface area (Å²) in [6, 6.07) is 2.34. The van der Waals surface area contributed by atoms with Gasteiger partial charge in [-0.05, 0) is 31.6 Å². The van der Waals surface area contributed by atoms with Crippen LogP contribution in [0.2, 0.25) is 0 Å². The molecule has 1 amide bonds. The van der Waals surface area contributed by atoms with Crippen molar-refractivity contribution >= 4 is 17.2 Å². The van der Waals surface area contributed by atoms with Crippen molar-refractivity contribution in [2.24, 2.45) is 5.41 Å². The zero-order valence-corrected chi connectivity index (χ0v) is 14.9. The molecule has 1 saturated heterocycles. The molecule has 0 radical (unpaired) electrons. The molecule has 4 nitrogen and oxygen atoms in total. The van der Waals surface area contributed by atoms with Crippen LogP contribution in [-0.2, 0) is 4.79 Å². The second-order valence-corrected chi connectivity index (χ2v) is 8.15. The molecule has 1 saturated carbocycles. The summed E-state index contributed by atoms with van der Waals surface area (Å²) in [5.41, 5.74) is 0.408. The average Bonchev–Trinajstić information content (AvgIpc) is 3.24. The summed E-state index contributed by atoms with van der Waals surface area (Å²) in [6.45, 7) is 5.84. The Balaban J connectivity index is 1.73. The zero-order chi connectivity index (χ0) is 16.4. The maximum Gasteiger partial charge on any atom is 0.243 e. The highest BCUT2D eigenvalue weighted by molar-refractivity contribution is 7.09. The van der Waals surface area contributed by atoms with Crippen molar-refractivity contribution in [3.8, 4) is 6.07 Å². The minimum Gasteiger partial charge on any atom is -0.341 e. The van der Waals surface area contributed by atoms with E-state index in [1.807, 2.05) is 4.90 Å². The predicted octanol–water partition coefficient (Wildman–Crippen LogP) is 4.06. The highest BCUT2D eigenvalue weighted by Crippen LogP contribution is 2.41. The maximum atomic E-state index is 12.9. The van der Waals surface area contributed by atoms with Crippen LogP contribution in [0.5, 0.6) is 0 Å². The summed E-state index contributed by atoms with van der Waals surface area (Å²) in [6.07, 6.45) is 5.57. The first-order chi connectivity index (χ1) is 11.1. The van der Waals surface area contributed by atoms with Gasteiger partial charge in [0.05, 0.1) is 16.8 Å². The van der Waals surface area contributed by atoms with E-state index in [-0.39, 0.29) is 5.91 Å². The number of carbonyl (C=O) groups is 1. The Hall–Kier alpha value is -1.41. The highest BCUT2D eigenvalue weighted by Gasteiger charge is 2.45. The molecule has 0 bridgehead atoms. The molecule has 124 valence electrons. The average molecular weight is 331 g/mol. The summed E-state index contributed by atoms with van der Waals surface area (Å²) in [4.78, 5) is 19.7. The van der Waals surface area contributed by atoms with E-state index < -0.39 is 5.41 Å². The van der Waals surface area contributed by atoms with Crippen molar-refractivity contribution in [1.29, 1.82) is 5.26 Å². The predicted molar refractivity (Wildman–Crippen MR) is 91.3 cm³/mol. The van der Waals surface area contributed by atoms with Gasteiger partial charge in [0, 0.05) is 24.4 Å². The lowest BCUT2D eigenvalue weighted by Crippen LogP contribution is -2.46. The number of likely N-dealkylation sites (tertiary alicyclic amines) is 1. The molecular formula is C18H25N3OS. The van der Waals surface area contributed by atoms with Crippen LogP contribution in [0, 0.1) is 16.7 Å². The lowest BCUT2D eigenvalue weighted by molar-refractivity contribution is -0.140. The maximum absolute atomic E-state index is 12.9. The first-order valence-electron chi connectivity index (χ1n) is 8.72. The normalized spacial score (nSPS) is 23.9. The summed E-state index contributed by atoms with van der Waals surface area (Å²) in [7, 11) is 0. The number of rotatable bonds is 3. The molecule has 2 heterocycles. The highest BCUT2D eigenvalue weighted by atomic mass is 32.1. The van der Waals surface area contributed by atoms with Crippen LogP contribution in [0.15, 0.2) is 5.38 Å². The van der Waals surface area contributed by atoms with Crippen molar-refractivity contribution in [2.75, 3.05) is 13.1 Å². The van der Waals surface area contributed by atoms with Crippen LogP contribution >= 0.6 is 11.3 Å². The van der Waals surface area contributed by atoms with E-state index in [9.17, 15) is 10.1 Å². The SMILES string of the molecule is CC(C)c1csc([C@H]2CCCN(C(=O)C3(C#N)CCCC3)C2)n1. The van der Waals surface area contributed by atoms with Crippen molar-refractivity contribution < 1.29 is 4.79 Å². The standard InChI is InChI=1S/C18H25N3OS/c1-13(2)15-11-23-16(20-15)14-6-5-9-21(10-14)17(22)18(12-19)7-3-4-8-18/h11,13-14H,3-10H2,1-2H3/t14-/m0/s1. The molecule has 2 fully saturated rings. The van der Waals surface area contributed by atoms with Crippen LogP contribution in [0.4, 0.5) is 0 Å². The third kappa shape index (κ3) is 3.14. The van der Waals surface area contributed by atoms with E-state index in [1.54, 1.807) is 11.3 Å². The summed E-state index contributed by atoms with van der Waals surface area (Å²) >= 11 is 1.72. The van der Waals surface area contributed by atoms with E-state index in [1.165, 1.54) is 0 Å². The van der Waals surface area contributed by atoms with Gasteiger partial charge in [0.15, 0.2) is 0 Å². The summed E-state index contributed by atoms with van der Waals surface area (Å²) < 4.78 is 0. The second-order valence-electron chi connectivity index (χ2n) is 7.26. The van der Waals surface area contributed by atoms with Gasteiger partial charge in [-0.15, -0.1) is 11.3 Å². The van der Waals surface area contributed by atoms with E-state index in [0.29, 0.717) is 11.8 Å². The number of piperidine rings is 1. The smallest absolute Gasteiger partial charge is 0.243 e. The van der Waals surface area contributed by atoms with Crippen LogP contribution in [-0.4, -0.2) is 28.9 Å². The number of nitrogens with zero attached hydrogens (tertiary/aromatic N) is 3. The fraction of sp³-hybridized carbons (Fsp3) is 0.722. The van der Waals surface area contributed by atoms with Crippen molar-refractivity contribution in [2.45, 2.75) is 64.2 Å². The number of hydrogen-bond donors (Lipinski definition) is 0. The Bertz CT molecular complexity index is 610. The monoisotopic (exact) mass is 331 g/mol. The quantitative estimate of drug-likeness (QED) is 0.839. The zero-order valence-electron chi connectivity index (χ0n) is 14.0. The van der Waals surface area contributed by atoms with Gasteiger partial charge in [-0.3, -0.25) is 4.79 Å². The van der Waals surface area contributed by atoms with E-state index >= 15 is 0 Å². The number of thiazole rings is 1. The number of nitriles is 1. The van der Waals surface area contributed by atoms with Crippen molar-refractivity contribution in [1.82, 2.24) is 9.88 Å². The first kappa shape index (κ1) is 16.4. The van der Waals surface area contributed by atoms with E-state index in [0.717, 1.165) is 62.3 Å². The molecule has 0 spiro atoms. The third-order valence-electron chi connectivity index (χ3n) is 5.27. The van der Waals surface area contributed by atoms with Gasteiger partial charge >= 0.3 is 0 Å². The fourth-order valence-corrected chi connectivity index (χ4v) is 4.88. The Morgan fingerprint density at radius 2 is 2.17 bits per heavy atom. The van der Waals surface area contributed by atoms with Gasteiger partial charge in [-0.2, -0.15) is 5.26 Å². The van der Waals surface area contributed by atoms with Gasteiger partial charge in [-0.1, -0.05) is 26.7 Å². The molecule has 3 rings (SSSR count). The molecule has 1 aliphatic heterocycles. The molecule has 2 aliphatic rings. The van der Waals surface area contributed by atoms with Crippen LogP contribution in [0.3, 0.4) is 0 Å². The largest absolute Gasteiger partial charge is 0.341 e. The lowest BCUT2D eigenvalue weighted by atomic mass is 9.85.